The molecule has 0 N–H and O–H groups in total. The normalized spacial score (nSPS) is 18.3. The van der Waals surface area contributed by atoms with Crippen LogP contribution in [-0.2, 0) is 19.6 Å². The molecule has 11 heteroatoms. The third kappa shape index (κ3) is 5.82. The van der Waals surface area contributed by atoms with Gasteiger partial charge < -0.3 is 14.5 Å². The second-order valence-electron chi connectivity index (χ2n) is 8.46. The monoisotopic (exact) mass is 482 g/mol. The number of benzene rings is 1. The van der Waals surface area contributed by atoms with Crippen molar-refractivity contribution in [2.75, 3.05) is 57.4 Å². The maximum Gasteiger partial charge on any atom is 0.293 e. The van der Waals surface area contributed by atoms with Gasteiger partial charge in [-0.1, -0.05) is 13.3 Å². The Labute approximate surface area is 195 Å². The number of nitro groups is 1. The van der Waals surface area contributed by atoms with Gasteiger partial charge in [0, 0.05) is 51.3 Å². The summed E-state index contributed by atoms with van der Waals surface area (Å²) in [6.07, 6.45) is 3.24. The fraction of sp³-hybridized carbons (Fsp3) is 0.682. The summed E-state index contributed by atoms with van der Waals surface area (Å²) in [5.41, 5.74) is 0.164. The van der Waals surface area contributed by atoms with E-state index < -0.39 is 14.9 Å². The molecule has 0 radical (unpaired) electrons. The van der Waals surface area contributed by atoms with Crippen molar-refractivity contribution in [1.29, 1.82) is 0 Å². The van der Waals surface area contributed by atoms with Crippen molar-refractivity contribution in [1.82, 2.24) is 9.21 Å². The second-order valence-corrected chi connectivity index (χ2v) is 10.4. The Kier molecular flexibility index (Phi) is 8.66. The Balaban J connectivity index is 1.74. The van der Waals surface area contributed by atoms with E-state index in [1.807, 2.05) is 16.7 Å². The summed E-state index contributed by atoms with van der Waals surface area (Å²) in [6.45, 7) is 7.62. The van der Waals surface area contributed by atoms with Gasteiger partial charge in [-0.2, -0.15) is 4.31 Å². The first-order valence-electron chi connectivity index (χ1n) is 11.7. The van der Waals surface area contributed by atoms with E-state index >= 15 is 0 Å². The van der Waals surface area contributed by atoms with Gasteiger partial charge in [-0.3, -0.25) is 14.9 Å². The molecule has 0 unspecified atom stereocenters. The molecule has 2 fully saturated rings. The fourth-order valence-electron chi connectivity index (χ4n) is 4.41. The lowest BCUT2D eigenvalue weighted by Crippen LogP contribution is -2.43. The van der Waals surface area contributed by atoms with Gasteiger partial charge in [0.25, 0.3) is 5.69 Å². The van der Waals surface area contributed by atoms with Gasteiger partial charge in [0.15, 0.2) is 0 Å². The minimum absolute atomic E-state index is 0.0839. The van der Waals surface area contributed by atoms with Crippen LogP contribution in [0.4, 0.5) is 11.4 Å². The molecule has 2 saturated heterocycles. The predicted molar refractivity (Wildman–Crippen MR) is 125 cm³/mol. The average molecular weight is 483 g/mol. The Morgan fingerprint density at radius 3 is 2.42 bits per heavy atom. The number of anilines is 1. The van der Waals surface area contributed by atoms with Gasteiger partial charge in [0.1, 0.15) is 5.69 Å². The average Bonchev–Trinajstić information content (AvgIpc) is 2.84. The Morgan fingerprint density at radius 2 is 1.85 bits per heavy atom. The molecule has 0 atom stereocenters. The maximum atomic E-state index is 12.9. The van der Waals surface area contributed by atoms with Crippen molar-refractivity contribution in [3.63, 3.8) is 0 Å². The number of carbonyl (C=O) groups is 1. The molecule has 33 heavy (non-hydrogen) atoms. The molecule has 0 aliphatic carbocycles. The number of rotatable bonds is 9. The van der Waals surface area contributed by atoms with E-state index in [-0.39, 0.29) is 35.5 Å². The van der Waals surface area contributed by atoms with Crippen molar-refractivity contribution in [2.45, 2.75) is 44.4 Å². The number of amides is 1. The second kappa shape index (κ2) is 11.3. The number of sulfonamides is 1. The van der Waals surface area contributed by atoms with Crippen molar-refractivity contribution >= 4 is 27.3 Å². The topological polar surface area (TPSA) is 113 Å². The van der Waals surface area contributed by atoms with Gasteiger partial charge in [-0.05, 0) is 38.3 Å². The van der Waals surface area contributed by atoms with Crippen LogP contribution in [0, 0.1) is 16.0 Å². The van der Waals surface area contributed by atoms with Gasteiger partial charge in [0.05, 0.1) is 23.0 Å². The van der Waals surface area contributed by atoms with Crippen LogP contribution in [0.1, 0.15) is 39.5 Å². The van der Waals surface area contributed by atoms with Crippen molar-refractivity contribution in [3.05, 3.63) is 28.3 Å². The number of ether oxygens (including phenoxy) is 1. The van der Waals surface area contributed by atoms with E-state index in [1.165, 1.54) is 16.4 Å². The zero-order valence-corrected chi connectivity index (χ0v) is 20.3. The molecule has 0 bridgehead atoms. The summed E-state index contributed by atoms with van der Waals surface area (Å²) in [4.78, 5) is 27.9. The Bertz CT molecular complexity index is 940. The van der Waals surface area contributed by atoms with E-state index in [9.17, 15) is 23.3 Å². The predicted octanol–water partition coefficient (Wildman–Crippen LogP) is 2.48. The van der Waals surface area contributed by atoms with Crippen LogP contribution in [0.5, 0.6) is 0 Å². The third-order valence-electron chi connectivity index (χ3n) is 6.41. The van der Waals surface area contributed by atoms with Crippen molar-refractivity contribution < 1.29 is 22.9 Å². The summed E-state index contributed by atoms with van der Waals surface area (Å²) in [5.74, 6) is 0.0742. The van der Waals surface area contributed by atoms with E-state index in [1.54, 1.807) is 0 Å². The smallest absolute Gasteiger partial charge is 0.293 e. The van der Waals surface area contributed by atoms with Gasteiger partial charge >= 0.3 is 0 Å². The molecular formula is C22H34N4O6S. The summed E-state index contributed by atoms with van der Waals surface area (Å²) < 4.78 is 32.4. The van der Waals surface area contributed by atoms with Crippen molar-refractivity contribution in [3.8, 4) is 0 Å². The van der Waals surface area contributed by atoms with E-state index in [4.69, 9.17) is 4.74 Å². The molecule has 184 valence electrons. The molecule has 3 rings (SSSR count). The van der Waals surface area contributed by atoms with Crippen LogP contribution >= 0.6 is 0 Å². The molecule has 0 saturated carbocycles. The van der Waals surface area contributed by atoms with Crippen molar-refractivity contribution in [2.24, 2.45) is 5.92 Å². The lowest BCUT2D eigenvalue weighted by atomic mass is 9.94. The molecular weight excluding hydrogens is 448 g/mol. The first kappa shape index (κ1) is 25.4. The molecule has 1 amide bonds. The van der Waals surface area contributed by atoms with Crippen LogP contribution in [0.3, 0.4) is 0 Å². The lowest BCUT2D eigenvalue weighted by Gasteiger charge is -2.35. The third-order valence-corrected chi connectivity index (χ3v) is 8.31. The number of unbranched alkanes of at least 4 members (excludes halogenated alkanes) is 1. The highest BCUT2D eigenvalue weighted by atomic mass is 32.2. The highest BCUT2D eigenvalue weighted by Crippen LogP contribution is 2.34. The summed E-state index contributed by atoms with van der Waals surface area (Å²) >= 11 is 0. The number of morpholine rings is 1. The van der Waals surface area contributed by atoms with Crippen LogP contribution in [0.25, 0.3) is 0 Å². The number of hydrogen-bond donors (Lipinski definition) is 0. The van der Waals surface area contributed by atoms with E-state index in [0.717, 1.165) is 25.5 Å². The lowest BCUT2D eigenvalue weighted by molar-refractivity contribution is -0.384. The minimum atomic E-state index is -3.83. The summed E-state index contributed by atoms with van der Waals surface area (Å²) in [5, 5.41) is 11.8. The minimum Gasteiger partial charge on any atom is -0.379 e. The maximum absolute atomic E-state index is 12.9. The SMILES string of the molecule is CCCCN(CC)C(=O)C1CCN(c2ccc(S(=O)(=O)N3CCOCC3)cc2[N+](=O)[O-])CC1. The molecule has 1 aromatic carbocycles. The molecule has 0 aromatic heterocycles. The van der Waals surface area contributed by atoms with Crippen LogP contribution in [0.15, 0.2) is 23.1 Å². The van der Waals surface area contributed by atoms with Crippen LogP contribution in [0.2, 0.25) is 0 Å². The molecule has 0 spiro atoms. The van der Waals surface area contributed by atoms with Crippen LogP contribution < -0.4 is 4.90 Å². The Hall–Kier alpha value is -2.24. The highest BCUT2D eigenvalue weighted by Gasteiger charge is 2.33. The number of carbonyl (C=O) groups excluding carboxylic acids is 1. The number of nitrogens with zero attached hydrogens (tertiary/aromatic N) is 4. The zero-order chi connectivity index (χ0) is 24.0. The molecule has 2 aliphatic heterocycles. The van der Waals surface area contributed by atoms with Crippen LogP contribution in [-0.4, -0.2) is 80.9 Å². The highest BCUT2D eigenvalue weighted by molar-refractivity contribution is 7.89. The van der Waals surface area contributed by atoms with E-state index in [2.05, 4.69) is 6.92 Å². The standard InChI is InChI=1S/C22H34N4O6S/c1-3-5-10-23(4-2)22(27)18-8-11-24(12-9-18)20-7-6-19(17-21(20)26(28)29)33(30,31)25-13-15-32-16-14-25/h6-7,17-18H,3-5,8-16H2,1-2H3. The first-order valence-corrected chi connectivity index (χ1v) is 13.1. The van der Waals surface area contributed by atoms with Gasteiger partial charge in [0.2, 0.25) is 15.9 Å². The summed E-state index contributed by atoms with van der Waals surface area (Å²) in [7, 11) is -3.83. The zero-order valence-electron chi connectivity index (χ0n) is 19.4. The molecule has 10 nitrogen and oxygen atoms in total. The molecule has 2 aliphatic rings. The molecule has 1 aromatic rings. The van der Waals surface area contributed by atoms with E-state index in [0.29, 0.717) is 51.4 Å². The Morgan fingerprint density at radius 1 is 1.18 bits per heavy atom. The molecule has 2 heterocycles. The summed E-state index contributed by atoms with van der Waals surface area (Å²) in [6, 6.07) is 4.11. The number of piperidine rings is 1. The first-order chi connectivity index (χ1) is 15.8. The number of hydrogen-bond acceptors (Lipinski definition) is 7. The van der Waals surface area contributed by atoms with Gasteiger partial charge in [-0.25, -0.2) is 8.42 Å². The number of nitro benzene ring substituents is 1. The quantitative estimate of drug-likeness (QED) is 0.392. The van der Waals surface area contributed by atoms with Gasteiger partial charge in [-0.15, -0.1) is 0 Å². The largest absolute Gasteiger partial charge is 0.379 e. The fourth-order valence-corrected chi connectivity index (χ4v) is 5.84.